The molecule has 6 aliphatic rings. The van der Waals surface area contributed by atoms with Gasteiger partial charge in [-0.05, 0) is 76.0 Å². The molecule has 2 heterocycles. The average molecular weight is 440 g/mol. The van der Waals surface area contributed by atoms with Crippen molar-refractivity contribution in [3.05, 3.63) is 0 Å². The number of nitriles is 2. The summed E-state index contributed by atoms with van der Waals surface area (Å²) in [6, 6.07) is 3.89. The largest absolute Gasteiger partial charge is 0.365 e. The molecule has 2 saturated heterocycles. The van der Waals surface area contributed by atoms with E-state index in [9.17, 15) is 20.1 Å². The Labute approximate surface area is 189 Å². The van der Waals surface area contributed by atoms with Crippen LogP contribution in [0.3, 0.4) is 0 Å². The number of carbonyl (C=O) groups excluding carboxylic acids is 2. The highest BCUT2D eigenvalue weighted by Crippen LogP contribution is 2.58. The molecule has 2 aliphatic heterocycles. The van der Waals surface area contributed by atoms with Gasteiger partial charge in [0.15, 0.2) is 0 Å². The van der Waals surface area contributed by atoms with Crippen molar-refractivity contribution in [2.45, 2.75) is 87.4 Å². The third kappa shape index (κ3) is 3.89. The van der Waals surface area contributed by atoms with E-state index in [-0.39, 0.29) is 48.2 Å². The average Bonchev–Trinajstić information content (AvgIpc) is 3.44. The lowest BCUT2D eigenvalue weighted by atomic mass is 9.51. The normalized spacial score (nSPS) is 39.8. The minimum Gasteiger partial charge on any atom is -0.365 e. The van der Waals surface area contributed by atoms with Crippen molar-refractivity contribution >= 4 is 11.8 Å². The van der Waals surface area contributed by atoms with Gasteiger partial charge in [-0.15, -0.1) is 0 Å². The van der Waals surface area contributed by atoms with Crippen LogP contribution in [-0.2, 0) is 14.3 Å². The Hall–Kier alpha value is -2.16. The molecule has 1 N–H and O–H groups in total. The molecule has 6 atom stereocenters. The van der Waals surface area contributed by atoms with Crippen LogP contribution in [0.5, 0.6) is 0 Å². The van der Waals surface area contributed by atoms with Crippen molar-refractivity contribution in [1.29, 1.82) is 10.5 Å². The maximum Gasteiger partial charge on any atom is 0.249 e. The summed E-state index contributed by atoms with van der Waals surface area (Å²) in [6.45, 7) is 1.63. The fourth-order valence-electron chi connectivity index (χ4n) is 7.62. The van der Waals surface area contributed by atoms with Gasteiger partial charge >= 0.3 is 0 Å². The van der Waals surface area contributed by atoms with Crippen LogP contribution in [-0.4, -0.2) is 71.1 Å². The Morgan fingerprint density at radius 3 is 2.12 bits per heavy atom. The fourth-order valence-corrected chi connectivity index (χ4v) is 7.62. The van der Waals surface area contributed by atoms with E-state index in [1.807, 2.05) is 0 Å². The molecular formula is C24H33N5O3. The molecule has 8 heteroatoms. The lowest BCUT2D eigenvalue weighted by Crippen LogP contribution is -2.66. The number of likely N-dealkylation sites (tertiary alicyclic amines) is 2. The van der Waals surface area contributed by atoms with E-state index in [0.29, 0.717) is 24.9 Å². The van der Waals surface area contributed by atoms with Crippen molar-refractivity contribution in [3.63, 3.8) is 0 Å². The van der Waals surface area contributed by atoms with Gasteiger partial charge in [0.1, 0.15) is 18.7 Å². The quantitative estimate of drug-likeness (QED) is 0.675. The molecule has 0 aromatic carbocycles. The number of hydrogen-bond acceptors (Lipinski definition) is 6. The topological polar surface area (TPSA) is 109 Å². The zero-order chi connectivity index (χ0) is 22.3. The monoisotopic (exact) mass is 439 g/mol. The van der Waals surface area contributed by atoms with Crippen LogP contribution in [0.25, 0.3) is 0 Å². The number of nitrogens with zero attached hydrogens (tertiary/aromatic N) is 4. The first-order chi connectivity index (χ1) is 15.4. The highest BCUT2D eigenvalue weighted by Gasteiger charge is 2.58. The SMILES string of the molecule is N#C[C@@H]1CCCN1C(=O)CNC12C[C@H]3C[C@@H](C1)CC(OCC(=O)N1CCC[C@H]1C#N)(C3)C2. The molecule has 2 amide bonds. The van der Waals surface area contributed by atoms with Gasteiger partial charge in [-0.3, -0.25) is 9.59 Å². The Kier molecular flexibility index (Phi) is 5.63. The van der Waals surface area contributed by atoms with Crippen LogP contribution in [0.15, 0.2) is 0 Å². The second-order valence-corrected chi connectivity index (χ2v) is 10.8. The van der Waals surface area contributed by atoms with E-state index in [1.165, 1.54) is 6.42 Å². The van der Waals surface area contributed by atoms with Crippen molar-refractivity contribution in [3.8, 4) is 12.1 Å². The van der Waals surface area contributed by atoms with Gasteiger partial charge in [0.05, 0.1) is 24.3 Å². The first-order valence-electron chi connectivity index (χ1n) is 12.2. The number of rotatable bonds is 6. The molecule has 0 aromatic heterocycles. The maximum atomic E-state index is 12.8. The molecule has 0 spiro atoms. The van der Waals surface area contributed by atoms with E-state index < -0.39 is 0 Å². The Balaban J connectivity index is 1.22. The highest BCUT2D eigenvalue weighted by atomic mass is 16.5. The van der Waals surface area contributed by atoms with Gasteiger partial charge in [0.25, 0.3) is 0 Å². The molecule has 32 heavy (non-hydrogen) atoms. The summed E-state index contributed by atoms with van der Waals surface area (Å²) in [5.41, 5.74) is -0.423. The summed E-state index contributed by atoms with van der Waals surface area (Å²) in [5.74, 6) is 1.07. The van der Waals surface area contributed by atoms with Crippen molar-refractivity contribution < 1.29 is 14.3 Å². The van der Waals surface area contributed by atoms with Crippen LogP contribution >= 0.6 is 0 Å². The lowest BCUT2D eigenvalue weighted by Gasteiger charge is -2.62. The lowest BCUT2D eigenvalue weighted by molar-refractivity contribution is -0.184. The first kappa shape index (κ1) is 21.7. The van der Waals surface area contributed by atoms with Crippen molar-refractivity contribution in [2.75, 3.05) is 26.2 Å². The van der Waals surface area contributed by atoms with Gasteiger partial charge in [-0.25, -0.2) is 0 Å². The van der Waals surface area contributed by atoms with E-state index in [2.05, 4.69) is 17.5 Å². The predicted octanol–water partition coefficient (Wildman–Crippen LogP) is 1.71. The fraction of sp³-hybridized carbons (Fsp3) is 0.833. The maximum absolute atomic E-state index is 12.8. The summed E-state index contributed by atoms with van der Waals surface area (Å²) in [7, 11) is 0. The van der Waals surface area contributed by atoms with E-state index in [1.54, 1.807) is 9.80 Å². The van der Waals surface area contributed by atoms with E-state index in [4.69, 9.17) is 4.74 Å². The number of hydrogen-bond donors (Lipinski definition) is 1. The standard InChI is InChI=1S/C24H33N5O3/c25-12-19-3-1-5-28(19)21(30)14-27-23-8-17-7-18(9-23)11-24(10-17,16-23)32-15-22(31)29-6-2-4-20(29)13-26/h17-20,27H,1-11,14-16H2/t17-,18+,19-,20-,23?,24?/m0/s1. The first-order valence-corrected chi connectivity index (χ1v) is 12.2. The molecule has 172 valence electrons. The Bertz CT molecular complexity index is 781. The smallest absolute Gasteiger partial charge is 0.249 e. The summed E-state index contributed by atoms with van der Waals surface area (Å²) in [5, 5.41) is 22.2. The minimum atomic E-state index is -0.315. The molecule has 6 rings (SSSR count). The number of carbonyl (C=O) groups is 2. The molecule has 4 bridgehead atoms. The minimum absolute atomic E-state index is 0.0199. The summed E-state index contributed by atoms with van der Waals surface area (Å²) < 4.78 is 6.40. The summed E-state index contributed by atoms with van der Waals surface area (Å²) in [6.07, 6.45) is 9.42. The van der Waals surface area contributed by atoms with Crippen molar-refractivity contribution in [1.82, 2.24) is 15.1 Å². The van der Waals surface area contributed by atoms with Crippen LogP contribution in [0.1, 0.15) is 64.2 Å². The number of amides is 2. The molecule has 0 radical (unpaired) electrons. The number of ether oxygens (including phenoxy) is 1. The van der Waals surface area contributed by atoms with Gasteiger partial charge in [-0.2, -0.15) is 10.5 Å². The molecule has 6 fully saturated rings. The molecule has 2 unspecified atom stereocenters. The van der Waals surface area contributed by atoms with Crippen LogP contribution in [0, 0.1) is 34.5 Å². The van der Waals surface area contributed by atoms with Crippen LogP contribution < -0.4 is 5.32 Å². The molecule has 4 saturated carbocycles. The second kappa shape index (κ2) is 8.32. The third-order valence-electron chi connectivity index (χ3n) is 8.57. The second-order valence-electron chi connectivity index (χ2n) is 10.8. The summed E-state index contributed by atoms with van der Waals surface area (Å²) in [4.78, 5) is 29.0. The molecule has 4 aliphatic carbocycles. The van der Waals surface area contributed by atoms with Crippen LogP contribution in [0.4, 0.5) is 0 Å². The zero-order valence-corrected chi connectivity index (χ0v) is 18.7. The highest BCUT2D eigenvalue weighted by molar-refractivity contribution is 5.79. The predicted molar refractivity (Wildman–Crippen MR) is 115 cm³/mol. The van der Waals surface area contributed by atoms with E-state index >= 15 is 0 Å². The molecule has 0 aromatic rings. The van der Waals surface area contributed by atoms with Gasteiger partial charge in [-0.1, -0.05) is 0 Å². The number of nitrogens with one attached hydrogen (secondary N) is 1. The third-order valence-corrected chi connectivity index (χ3v) is 8.57. The van der Waals surface area contributed by atoms with Crippen LogP contribution in [0.2, 0.25) is 0 Å². The van der Waals surface area contributed by atoms with Gasteiger partial charge in [0, 0.05) is 18.6 Å². The summed E-state index contributed by atoms with van der Waals surface area (Å²) >= 11 is 0. The molecule has 8 nitrogen and oxygen atoms in total. The van der Waals surface area contributed by atoms with Crippen molar-refractivity contribution in [2.24, 2.45) is 11.8 Å². The molecular weight excluding hydrogens is 406 g/mol. The van der Waals surface area contributed by atoms with Gasteiger partial charge < -0.3 is 19.9 Å². The Morgan fingerprint density at radius 2 is 1.53 bits per heavy atom. The zero-order valence-electron chi connectivity index (χ0n) is 18.7. The van der Waals surface area contributed by atoms with Gasteiger partial charge in [0.2, 0.25) is 11.8 Å². The Morgan fingerprint density at radius 1 is 0.938 bits per heavy atom. The van der Waals surface area contributed by atoms with E-state index in [0.717, 1.165) is 57.8 Å².